The van der Waals surface area contributed by atoms with Gasteiger partial charge in [0.25, 0.3) is 5.91 Å². The van der Waals surface area contributed by atoms with Crippen molar-refractivity contribution in [3.63, 3.8) is 0 Å². The Kier molecular flexibility index (Phi) is 4.27. The molecule has 7 heteroatoms. The number of nitrogens with one attached hydrogen (secondary N) is 1. The number of amides is 1. The fraction of sp³-hybridized carbons (Fsp3) is 0.500. The van der Waals surface area contributed by atoms with Crippen molar-refractivity contribution < 1.29 is 4.79 Å². The highest BCUT2D eigenvalue weighted by atomic mass is 16.1. The summed E-state index contributed by atoms with van der Waals surface area (Å²) in [5, 5.41) is 14.7. The van der Waals surface area contributed by atoms with Gasteiger partial charge >= 0.3 is 0 Å². The number of nitrogens with zero attached hydrogens (tertiary/aromatic N) is 5. The summed E-state index contributed by atoms with van der Waals surface area (Å²) in [5.41, 5.74) is 1.39. The summed E-state index contributed by atoms with van der Waals surface area (Å²) in [4.78, 5) is 12.0. The van der Waals surface area contributed by atoms with Gasteiger partial charge in [-0.15, -0.1) is 5.10 Å². The van der Waals surface area contributed by atoms with Gasteiger partial charge < -0.3 is 5.32 Å². The molecule has 0 aliphatic heterocycles. The first kappa shape index (κ1) is 13.3. The molecule has 0 unspecified atom stereocenters. The molecule has 2 aromatic heterocycles. The highest BCUT2D eigenvalue weighted by molar-refractivity contribution is 5.94. The highest BCUT2D eigenvalue weighted by Gasteiger charge is 2.12. The molecule has 0 aliphatic carbocycles. The van der Waals surface area contributed by atoms with Crippen molar-refractivity contribution in [2.75, 3.05) is 6.54 Å². The molecule has 2 aromatic rings. The zero-order valence-corrected chi connectivity index (χ0v) is 11.2. The maximum absolute atomic E-state index is 12.0. The zero-order chi connectivity index (χ0) is 13.7. The first-order chi connectivity index (χ1) is 9.20. The van der Waals surface area contributed by atoms with Crippen molar-refractivity contribution in [1.82, 2.24) is 30.1 Å². The van der Waals surface area contributed by atoms with Crippen LogP contribution in [0, 0.1) is 6.92 Å². The molecular formula is C12H18N6O. The van der Waals surface area contributed by atoms with Crippen LogP contribution in [0.3, 0.4) is 0 Å². The van der Waals surface area contributed by atoms with Crippen LogP contribution in [0.2, 0.25) is 0 Å². The van der Waals surface area contributed by atoms with Crippen LogP contribution in [-0.4, -0.2) is 37.2 Å². The van der Waals surface area contributed by atoms with Crippen LogP contribution < -0.4 is 5.32 Å². The molecule has 0 saturated heterocycles. The van der Waals surface area contributed by atoms with Gasteiger partial charge in [-0.1, -0.05) is 12.1 Å². The van der Waals surface area contributed by atoms with Crippen molar-refractivity contribution in [3.05, 3.63) is 29.8 Å². The van der Waals surface area contributed by atoms with Gasteiger partial charge in [0.15, 0.2) is 0 Å². The fourth-order valence-corrected chi connectivity index (χ4v) is 1.82. The molecule has 1 N–H and O–H groups in total. The molecule has 19 heavy (non-hydrogen) atoms. The lowest BCUT2D eigenvalue weighted by atomic mass is 10.2. The lowest BCUT2D eigenvalue weighted by Gasteiger charge is -2.03. The number of carbonyl (C=O) groups excluding carboxylic acids is 1. The van der Waals surface area contributed by atoms with Gasteiger partial charge in [0.2, 0.25) is 0 Å². The molecule has 0 aromatic carbocycles. The second-order valence-electron chi connectivity index (χ2n) is 4.31. The summed E-state index contributed by atoms with van der Waals surface area (Å²) in [5.74, 6) is -0.0973. The van der Waals surface area contributed by atoms with E-state index in [9.17, 15) is 4.79 Å². The molecule has 0 bridgehead atoms. The molecule has 1 amide bonds. The molecule has 0 aliphatic rings. The van der Waals surface area contributed by atoms with Gasteiger partial charge in [-0.25, -0.2) is 0 Å². The fourth-order valence-electron chi connectivity index (χ4n) is 1.82. The lowest BCUT2D eigenvalue weighted by molar-refractivity contribution is 0.0951. The van der Waals surface area contributed by atoms with E-state index in [1.54, 1.807) is 23.3 Å². The van der Waals surface area contributed by atoms with Crippen molar-refractivity contribution >= 4 is 5.91 Å². The Hall–Kier alpha value is -2.18. The molecular weight excluding hydrogens is 244 g/mol. The topological polar surface area (TPSA) is 77.6 Å². The molecule has 0 fully saturated rings. The van der Waals surface area contributed by atoms with Crippen molar-refractivity contribution in [3.8, 4) is 0 Å². The Morgan fingerprint density at radius 2 is 2.21 bits per heavy atom. The van der Waals surface area contributed by atoms with Crippen LogP contribution in [-0.2, 0) is 13.1 Å². The molecule has 0 saturated carbocycles. The largest absolute Gasteiger partial charge is 0.350 e. The Bertz CT molecular complexity index is 530. The summed E-state index contributed by atoms with van der Waals surface area (Å²) in [7, 11) is 0. The number of hydrogen-bond donors (Lipinski definition) is 1. The quantitative estimate of drug-likeness (QED) is 0.828. The van der Waals surface area contributed by atoms with E-state index in [1.165, 1.54) is 0 Å². The maximum atomic E-state index is 12.0. The normalized spacial score (nSPS) is 10.6. The number of rotatable bonds is 6. The van der Waals surface area contributed by atoms with Gasteiger partial charge in [0.05, 0.1) is 24.0 Å². The SMILES string of the molecule is CCCn1cc(C(=O)NCCn2ccnn2)c(C)n1. The van der Waals surface area contributed by atoms with E-state index in [0.717, 1.165) is 18.7 Å². The van der Waals surface area contributed by atoms with Crippen molar-refractivity contribution in [2.24, 2.45) is 0 Å². The number of carbonyl (C=O) groups is 1. The Labute approximate surface area is 111 Å². The van der Waals surface area contributed by atoms with Gasteiger partial charge in [0.1, 0.15) is 0 Å². The summed E-state index contributed by atoms with van der Waals surface area (Å²) < 4.78 is 3.48. The standard InChI is InChI=1S/C12H18N6O/c1-3-6-18-9-11(10(2)15-18)12(19)13-4-7-17-8-5-14-16-17/h5,8-9H,3-4,6-7H2,1-2H3,(H,13,19). The van der Waals surface area contributed by atoms with Crippen LogP contribution >= 0.6 is 0 Å². The number of aromatic nitrogens is 5. The van der Waals surface area contributed by atoms with Gasteiger partial charge in [-0.05, 0) is 13.3 Å². The molecule has 0 atom stereocenters. The summed E-state index contributed by atoms with van der Waals surface area (Å²) >= 11 is 0. The smallest absolute Gasteiger partial charge is 0.254 e. The predicted molar refractivity (Wildman–Crippen MR) is 69.6 cm³/mol. The zero-order valence-electron chi connectivity index (χ0n) is 11.2. The minimum atomic E-state index is -0.0973. The van der Waals surface area contributed by atoms with E-state index in [4.69, 9.17) is 0 Å². The lowest BCUT2D eigenvalue weighted by Crippen LogP contribution is -2.27. The summed E-state index contributed by atoms with van der Waals surface area (Å²) in [6.07, 6.45) is 6.16. The van der Waals surface area contributed by atoms with Crippen LogP contribution in [0.25, 0.3) is 0 Å². The van der Waals surface area contributed by atoms with Crippen molar-refractivity contribution in [1.29, 1.82) is 0 Å². The van der Waals surface area contributed by atoms with Crippen molar-refractivity contribution in [2.45, 2.75) is 33.4 Å². The Morgan fingerprint density at radius 1 is 1.37 bits per heavy atom. The van der Waals surface area contributed by atoms with E-state index < -0.39 is 0 Å². The molecule has 0 spiro atoms. The maximum Gasteiger partial charge on any atom is 0.254 e. The van der Waals surface area contributed by atoms with E-state index in [1.807, 2.05) is 11.6 Å². The average Bonchev–Trinajstić information content (AvgIpc) is 2.99. The molecule has 7 nitrogen and oxygen atoms in total. The second-order valence-corrected chi connectivity index (χ2v) is 4.31. The molecule has 2 rings (SSSR count). The monoisotopic (exact) mass is 262 g/mol. The average molecular weight is 262 g/mol. The van der Waals surface area contributed by atoms with Crippen LogP contribution in [0.5, 0.6) is 0 Å². The predicted octanol–water partition coefficient (Wildman–Crippen LogP) is 0.623. The number of aryl methyl sites for hydroxylation is 2. The first-order valence-corrected chi connectivity index (χ1v) is 6.37. The molecule has 0 radical (unpaired) electrons. The third kappa shape index (κ3) is 3.40. The second kappa shape index (κ2) is 6.12. The van der Waals surface area contributed by atoms with E-state index in [-0.39, 0.29) is 5.91 Å². The van der Waals surface area contributed by atoms with E-state index >= 15 is 0 Å². The van der Waals surface area contributed by atoms with Gasteiger partial charge in [-0.3, -0.25) is 14.2 Å². The Morgan fingerprint density at radius 3 is 2.89 bits per heavy atom. The third-order valence-corrected chi connectivity index (χ3v) is 2.74. The molecule has 2 heterocycles. The van der Waals surface area contributed by atoms with Crippen LogP contribution in [0.15, 0.2) is 18.6 Å². The van der Waals surface area contributed by atoms with Crippen LogP contribution in [0.4, 0.5) is 0 Å². The Balaban J connectivity index is 1.88. The van der Waals surface area contributed by atoms with Gasteiger partial charge in [0, 0.05) is 25.5 Å². The summed E-state index contributed by atoms with van der Waals surface area (Å²) in [6, 6.07) is 0. The molecule has 102 valence electrons. The van der Waals surface area contributed by atoms with Crippen LogP contribution in [0.1, 0.15) is 29.4 Å². The highest BCUT2D eigenvalue weighted by Crippen LogP contribution is 2.05. The first-order valence-electron chi connectivity index (χ1n) is 6.37. The minimum Gasteiger partial charge on any atom is -0.350 e. The van der Waals surface area contributed by atoms with E-state index in [0.29, 0.717) is 18.7 Å². The third-order valence-electron chi connectivity index (χ3n) is 2.74. The van der Waals surface area contributed by atoms with E-state index in [2.05, 4.69) is 27.7 Å². The minimum absolute atomic E-state index is 0.0973. The summed E-state index contributed by atoms with van der Waals surface area (Å²) in [6.45, 7) is 5.87. The number of hydrogen-bond acceptors (Lipinski definition) is 4. The van der Waals surface area contributed by atoms with Gasteiger partial charge in [-0.2, -0.15) is 5.10 Å².